The number of hydrogen-bond acceptors (Lipinski definition) is 3. The highest BCUT2D eigenvalue weighted by molar-refractivity contribution is 7.92. The normalized spacial score (nSPS) is 14.1. The highest BCUT2D eigenvalue weighted by Gasteiger charge is 2.17. The summed E-state index contributed by atoms with van der Waals surface area (Å²) in [5.74, 6) is -0.359. The first-order chi connectivity index (χ1) is 4.54. The molecule has 0 aliphatic carbocycles. The lowest BCUT2D eigenvalue weighted by molar-refractivity contribution is 0.584. The maximum absolute atomic E-state index is 10.9. The first-order valence-corrected chi connectivity index (χ1v) is 4.84. The predicted molar refractivity (Wildman–Crippen MR) is 39.2 cm³/mol. The first-order valence-electron chi connectivity index (χ1n) is 3.13. The third-order valence-corrected chi connectivity index (χ3v) is 3.54. The summed E-state index contributed by atoms with van der Waals surface area (Å²) in [6, 6.07) is 1.64. The molecule has 58 valence electrons. The molecule has 0 aromatic carbocycles. The molecule has 0 bridgehead atoms. The quantitative estimate of drug-likeness (QED) is 0.613. The summed E-state index contributed by atoms with van der Waals surface area (Å²) in [4.78, 5) is 0. The summed E-state index contributed by atoms with van der Waals surface area (Å²) in [7, 11) is -3.12. The second-order valence-corrected chi connectivity index (χ2v) is 4.60. The van der Waals surface area contributed by atoms with E-state index in [2.05, 4.69) is 0 Å². The first kappa shape index (κ1) is 9.44. The molecule has 10 heavy (non-hydrogen) atoms. The fourth-order valence-corrected chi connectivity index (χ4v) is 1.46. The Morgan fingerprint density at radius 2 is 2.10 bits per heavy atom. The summed E-state index contributed by atoms with van der Waals surface area (Å²) < 4.78 is 21.9. The van der Waals surface area contributed by atoms with Crippen LogP contribution < -0.4 is 0 Å². The minimum atomic E-state index is -3.12. The minimum absolute atomic E-state index is 0.359. The van der Waals surface area contributed by atoms with E-state index in [0.717, 1.165) is 0 Å². The van der Waals surface area contributed by atoms with Crippen LogP contribution in [-0.4, -0.2) is 19.4 Å². The van der Waals surface area contributed by atoms with Crippen LogP contribution in [0.5, 0.6) is 0 Å². The summed E-state index contributed by atoms with van der Waals surface area (Å²) >= 11 is 0. The molecule has 0 saturated heterocycles. The van der Waals surface area contributed by atoms with Gasteiger partial charge in [-0.15, -0.1) is 0 Å². The van der Waals surface area contributed by atoms with Gasteiger partial charge in [-0.05, 0) is 13.3 Å². The zero-order chi connectivity index (χ0) is 8.20. The highest BCUT2D eigenvalue weighted by Crippen LogP contribution is 2.04. The van der Waals surface area contributed by atoms with Crippen LogP contribution in [-0.2, 0) is 9.84 Å². The van der Waals surface area contributed by atoms with Gasteiger partial charge in [0.25, 0.3) is 0 Å². The Kier molecular flexibility index (Phi) is 3.37. The van der Waals surface area contributed by atoms with E-state index in [0.29, 0.717) is 6.42 Å². The van der Waals surface area contributed by atoms with Gasteiger partial charge in [-0.1, -0.05) is 6.92 Å². The third-order valence-electron chi connectivity index (χ3n) is 1.45. The summed E-state index contributed by atoms with van der Waals surface area (Å²) in [6.45, 7) is 3.41. The van der Waals surface area contributed by atoms with Crippen molar-refractivity contribution >= 4 is 9.84 Å². The van der Waals surface area contributed by atoms with E-state index in [1.165, 1.54) is 0 Å². The van der Waals surface area contributed by atoms with Gasteiger partial charge in [0.1, 0.15) is 5.75 Å². The highest BCUT2D eigenvalue weighted by atomic mass is 32.2. The molecule has 0 fully saturated rings. The van der Waals surface area contributed by atoms with Crippen LogP contribution >= 0.6 is 0 Å². The van der Waals surface area contributed by atoms with Crippen molar-refractivity contribution in [3.63, 3.8) is 0 Å². The van der Waals surface area contributed by atoms with E-state index in [4.69, 9.17) is 5.26 Å². The Balaban J connectivity index is 4.30. The van der Waals surface area contributed by atoms with Crippen LogP contribution in [0.15, 0.2) is 0 Å². The Bertz CT molecular complexity index is 225. The van der Waals surface area contributed by atoms with Crippen LogP contribution in [0.25, 0.3) is 0 Å². The third kappa shape index (κ3) is 2.36. The van der Waals surface area contributed by atoms with E-state index in [9.17, 15) is 8.42 Å². The Morgan fingerprint density at radius 3 is 2.40 bits per heavy atom. The van der Waals surface area contributed by atoms with Crippen molar-refractivity contribution in [3.05, 3.63) is 0 Å². The smallest absolute Gasteiger partial charge is 0.166 e. The van der Waals surface area contributed by atoms with Crippen molar-refractivity contribution in [2.24, 2.45) is 0 Å². The molecule has 0 heterocycles. The number of nitriles is 1. The van der Waals surface area contributed by atoms with Gasteiger partial charge < -0.3 is 0 Å². The van der Waals surface area contributed by atoms with E-state index >= 15 is 0 Å². The molecule has 4 heteroatoms. The van der Waals surface area contributed by atoms with Gasteiger partial charge in [-0.25, -0.2) is 8.42 Å². The predicted octanol–water partition coefficient (Wildman–Crippen LogP) is 0.723. The van der Waals surface area contributed by atoms with Crippen molar-refractivity contribution < 1.29 is 8.42 Å². The van der Waals surface area contributed by atoms with E-state index in [1.807, 2.05) is 0 Å². The summed E-state index contributed by atoms with van der Waals surface area (Å²) in [5, 5.41) is 7.73. The average molecular weight is 161 g/mol. The Hall–Kier alpha value is -0.560. The van der Waals surface area contributed by atoms with Crippen molar-refractivity contribution in [1.82, 2.24) is 0 Å². The lowest BCUT2D eigenvalue weighted by Gasteiger charge is -2.05. The largest absolute Gasteiger partial charge is 0.227 e. The number of nitrogens with zero attached hydrogens (tertiary/aromatic N) is 1. The van der Waals surface area contributed by atoms with Crippen LogP contribution in [0.4, 0.5) is 0 Å². The van der Waals surface area contributed by atoms with Crippen LogP contribution in [0, 0.1) is 11.3 Å². The van der Waals surface area contributed by atoms with Gasteiger partial charge in [0, 0.05) is 0 Å². The molecule has 0 rings (SSSR count). The summed E-state index contributed by atoms with van der Waals surface area (Å²) in [5.41, 5.74) is 0. The van der Waals surface area contributed by atoms with Gasteiger partial charge in [0.2, 0.25) is 0 Å². The second kappa shape index (κ2) is 3.57. The van der Waals surface area contributed by atoms with Crippen molar-refractivity contribution in [2.75, 3.05) is 5.75 Å². The van der Waals surface area contributed by atoms with Gasteiger partial charge >= 0.3 is 0 Å². The maximum atomic E-state index is 10.9. The topological polar surface area (TPSA) is 57.9 Å². The van der Waals surface area contributed by atoms with Gasteiger partial charge in [0.05, 0.1) is 11.3 Å². The van der Waals surface area contributed by atoms with Crippen LogP contribution in [0.2, 0.25) is 0 Å². The Morgan fingerprint density at radius 1 is 1.60 bits per heavy atom. The van der Waals surface area contributed by atoms with E-state index in [-0.39, 0.29) is 11.0 Å². The van der Waals surface area contributed by atoms with Crippen LogP contribution in [0.1, 0.15) is 20.3 Å². The molecule has 0 aliphatic rings. The fraction of sp³-hybridized carbons (Fsp3) is 0.833. The molecule has 0 spiro atoms. The second-order valence-electron chi connectivity index (χ2n) is 2.18. The fourth-order valence-electron chi connectivity index (χ4n) is 0.486. The van der Waals surface area contributed by atoms with Crippen molar-refractivity contribution in [3.8, 4) is 6.07 Å². The molecule has 0 N–H and O–H groups in total. The standard InChI is InChI=1S/C6H11NO2S/c1-3-6(2)10(8,9)5-4-7/h6H,3,5H2,1-2H3. The van der Waals surface area contributed by atoms with Gasteiger partial charge in [-0.2, -0.15) is 5.26 Å². The van der Waals surface area contributed by atoms with E-state index in [1.54, 1.807) is 19.9 Å². The molecule has 0 radical (unpaired) electrons. The van der Waals surface area contributed by atoms with Crippen molar-refractivity contribution in [1.29, 1.82) is 5.26 Å². The number of hydrogen-bond donors (Lipinski definition) is 0. The molecule has 0 saturated carbocycles. The van der Waals surface area contributed by atoms with Gasteiger partial charge in [-0.3, -0.25) is 0 Å². The number of rotatable bonds is 3. The summed E-state index contributed by atoms with van der Waals surface area (Å²) in [6.07, 6.45) is 0.573. The van der Waals surface area contributed by atoms with E-state index < -0.39 is 9.84 Å². The monoisotopic (exact) mass is 161 g/mol. The van der Waals surface area contributed by atoms with Crippen molar-refractivity contribution in [2.45, 2.75) is 25.5 Å². The zero-order valence-electron chi connectivity index (χ0n) is 6.16. The number of sulfone groups is 1. The van der Waals surface area contributed by atoms with Crippen LogP contribution in [0.3, 0.4) is 0 Å². The molecule has 0 aromatic rings. The lowest BCUT2D eigenvalue weighted by Crippen LogP contribution is -2.19. The molecule has 0 aromatic heterocycles. The Labute approximate surface area is 61.6 Å². The lowest BCUT2D eigenvalue weighted by atomic mass is 10.4. The molecule has 1 atom stereocenters. The molecule has 0 amide bonds. The molecule has 0 aliphatic heterocycles. The average Bonchev–Trinajstić information content (AvgIpc) is 1.86. The minimum Gasteiger partial charge on any atom is -0.227 e. The molecule has 1 unspecified atom stereocenters. The SMILES string of the molecule is CCC(C)S(=O)(=O)CC#N. The maximum Gasteiger partial charge on any atom is 0.166 e. The molecule has 3 nitrogen and oxygen atoms in total. The molecular formula is C6H11NO2S. The zero-order valence-corrected chi connectivity index (χ0v) is 6.98. The molecular weight excluding hydrogens is 150 g/mol. The van der Waals surface area contributed by atoms with Gasteiger partial charge in [0.15, 0.2) is 9.84 Å².